The predicted molar refractivity (Wildman–Crippen MR) is 61.5 cm³/mol. The Bertz CT molecular complexity index is 305. The Kier molecular flexibility index (Phi) is 3.83. The summed E-state index contributed by atoms with van der Waals surface area (Å²) in [4.78, 5) is 2.37. The zero-order chi connectivity index (χ0) is 10.7. The first-order valence-electron chi connectivity index (χ1n) is 5.35. The Morgan fingerprint density at radius 2 is 2.13 bits per heavy atom. The molecule has 0 atom stereocenters. The number of nitrogens with zero attached hydrogens (tertiary/aromatic N) is 1. The minimum Gasteiger partial charge on any atom is -0.453 e. The highest BCUT2D eigenvalue weighted by atomic mass is 79.9. The second kappa shape index (κ2) is 5.14. The number of aliphatic hydroxyl groups excluding tert-OH is 1. The van der Waals surface area contributed by atoms with Crippen molar-refractivity contribution in [2.45, 2.75) is 19.4 Å². The van der Waals surface area contributed by atoms with Gasteiger partial charge in [-0.25, -0.2) is 0 Å². The zero-order valence-electron chi connectivity index (χ0n) is 8.66. The molecule has 0 saturated carbocycles. The fourth-order valence-electron chi connectivity index (χ4n) is 1.98. The van der Waals surface area contributed by atoms with E-state index in [4.69, 9.17) is 9.52 Å². The number of rotatable bonds is 3. The molecule has 1 fully saturated rings. The number of hydrogen-bond acceptors (Lipinski definition) is 3. The summed E-state index contributed by atoms with van der Waals surface area (Å²) in [5.74, 6) is 1.51. The monoisotopic (exact) mass is 273 g/mol. The lowest BCUT2D eigenvalue weighted by Gasteiger charge is -2.30. The Morgan fingerprint density at radius 3 is 2.67 bits per heavy atom. The van der Waals surface area contributed by atoms with Gasteiger partial charge >= 0.3 is 0 Å². The highest BCUT2D eigenvalue weighted by Gasteiger charge is 2.19. The molecule has 0 amide bonds. The largest absolute Gasteiger partial charge is 0.453 e. The van der Waals surface area contributed by atoms with E-state index < -0.39 is 0 Å². The maximum atomic E-state index is 9.03. The summed E-state index contributed by atoms with van der Waals surface area (Å²) in [7, 11) is 0. The summed E-state index contributed by atoms with van der Waals surface area (Å²) in [6.45, 7) is 3.33. The van der Waals surface area contributed by atoms with Gasteiger partial charge in [0.15, 0.2) is 4.67 Å². The van der Waals surface area contributed by atoms with Gasteiger partial charge in [0.05, 0.1) is 6.54 Å². The molecule has 1 N–H and O–H groups in total. The Morgan fingerprint density at radius 1 is 1.40 bits per heavy atom. The maximum Gasteiger partial charge on any atom is 0.169 e. The van der Waals surface area contributed by atoms with Crippen molar-refractivity contribution in [1.29, 1.82) is 0 Å². The summed E-state index contributed by atoms with van der Waals surface area (Å²) < 4.78 is 6.26. The molecule has 0 aromatic carbocycles. The maximum absolute atomic E-state index is 9.03. The van der Waals surface area contributed by atoms with Crippen LogP contribution in [0.5, 0.6) is 0 Å². The van der Waals surface area contributed by atoms with Crippen LogP contribution in [0.3, 0.4) is 0 Å². The number of furan rings is 1. The molecule has 3 nitrogen and oxygen atoms in total. The second-order valence-corrected chi connectivity index (χ2v) is 4.89. The van der Waals surface area contributed by atoms with Gasteiger partial charge in [0.25, 0.3) is 0 Å². The van der Waals surface area contributed by atoms with Crippen molar-refractivity contribution in [1.82, 2.24) is 4.90 Å². The number of piperidine rings is 1. The van der Waals surface area contributed by atoms with E-state index in [0.717, 1.165) is 42.9 Å². The molecule has 2 heterocycles. The van der Waals surface area contributed by atoms with Crippen molar-refractivity contribution in [3.05, 3.63) is 22.6 Å². The molecule has 0 aliphatic carbocycles. The average Bonchev–Trinajstić information content (AvgIpc) is 2.65. The molecule has 1 aliphatic rings. The summed E-state index contributed by atoms with van der Waals surface area (Å²) in [6, 6.07) is 3.93. The van der Waals surface area contributed by atoms with Gasteiger partial charge in [-0.2, -0.15) is 0 Å². The molecule has 0 unspecified atom stereocenters. The van der Waals surface area contributed by atoms with Crippen LogP contribution in [0, 0.1) is 5.92 Å². The molecule has 4 heteroatoms. The van der Waals surface area contributed by atoms with Crippen molar-refractivity contribution in [3.8, 4) is 0 Å². The lowest BCUT2D eigenvalue weighted by atomic mass is 9.98. The number of halogens is 1. The van der Waals surface area contributed by atoms with Gasteiger partial charge in [-0.05, 0) is 59.9 Å². The van der Waals surface area contributed by atoms with Crippen molar-refractivity contribution in [3.63, 3.8) is 0 Å². The summed E-state index contributed by atoms with van der Waals surface area (Å²) in [5.41, 5.74) is 0. The van der Waals surface area contributed by atoms with Crippen LogP contribution in [0.1, 0.15) is 18.6 Å². The average molecular weight is 274 g/mol. The van der Waals surface area contributed by atoms with Gasteiger partial charge in [0, 0.05) is 6.61 Å². The van der Waals surface area contributed by atoms with E-state index in [1.165, 1.54) is 0 Å². The fourth-order valence-corrected chi connectivity index (χ4v) is 2.32. The summed E-state index contributed by atoms with van der Waals surface area (Å²) in [5, 5.41) is 9.03. The van der Waals surface area contributed by atoms with Crippen molar-refractivity contribution >= 4 is 15.9 Å². The van der Waals surface area contributed by atoms with E-state index in [-0.39, 0.29) is 0 Å². The standard InChI is InChI=1S/C11H16BrNO2/c12-11-2-1-10(15-11)7-13-5-3-9(8-14)4-6-13/h1-2,9,14H,3-8H2. The number of aliphatic hydroxyl groups is 1. The van der Waals surface area contributed by atoms with Crippen LogP contribution < -0.4 is 0 Å². The number of hydrogen-bond donors (Lipinski definition) is 1. The van der Waals surface area contributed by atoms with Crippen LogP contribution in [0.15, 0.2) is 21.2 Å². The van der Waals surface area contributed by atoms with E-state index in [0.29, 0.717) is 12.5 Å². The molecule has 15 heavy (non-hydrogen) atoms. The molecule has 2 rings (SSSR count). The van der Waals surface area contributed by atoms with Gasteiger partial charge in [0.2, 0.25) is 0 Å². The molecule has 1 saturated heterocycles. The minimum absolute atomic E-state index is 0.333. The molecule has 0 bridgehead atoms. The summed E-state index contributed by atoms with van der Waals surface area (Å²) in [6.07, 6.45) is 2.19. The van der Waals surface area contributed by atoms with Gasteiger partial charge < -0.3 is 9.52 Å². The van der Waals surface area contributed by atoms with E-state index in [9.17, 15) is 0 Å². The van der Waals surface area contributed by atoms with Crippen LogP contribution in [0.4, 0.5) is 0 Å². The van der Waals surface area contributed by atoms with E-state index in [1.807, 2.05) is 12.1 Å². The first-order valence-corrected chi connectivity index (χ1v) is 6.14. The highest BCUT2D eigenvalue weighted by Crippen LogP contribution is 2.20. The minimum atomic E-state index is 0.333. The lowest BCUT2D eigenvalue weighted by Crippen LogP contribution is -2.34. The van der Waals surface area contributed by atoms with Crippen LogP contribution in [0.2, 0.25) is 0 Å². The smallest absolute Gasteiger partial charge is 0.169 e. The molecule has 1 aromatic rings. The first kappa shape index (κ1) is 11.2. The zero-order valence-corrected chi connectivity index (χ0v) is 10.2. The Hall–Kier alpha value is -0.320. The third-order valence-electron chi connectivity index (χ3n) is 2.97. The van der Waals surface area contributed by atoms with Gasteiger partial charge in [-0.15, -0.1) is 0 Å². The van der Waals surface area contributed by atoms with Crippen molar-refractivity contribution in [2.24, 2.45) is 5.92 Å². The van der Waals surface area contributed by atoms with Crippen LogP contribution in [0.25, 0.3) is 0 Å². The SMILES string of the molecule is OCC1CCN(Cc2ccc(Br)o2)CC1. The fraction of sp³-hybridized carbons (Fsp3) is 0.636. The third-order valence-corrected chi connectivity index (χ3v) is 3.40. The Labute approximate surface area is 98.2 Å². The highest BCUT2D eigenvalue weighted by molar-refractivity contribution is 9.10. The van der Waals surface area contributed by atoms with Crippen LogP contribution in [-0.2, 0) is 6.54 Å². The molecular formula is C11H16BrNO2. The molecule has 0 radical (unpaired) electrons. The first-order chi connectivity index (χ1) is 7.28. The normalized spacial score (nSPS) is 19.6. The van der Waals surface area contributed by atoms with Gasteiger partial charge in [0.1, 0.15) is 5.76 Å². The molecular weight excluding hydrogens is 258 g/mol. The van der Waals surface area contributed by atoms with Gasteiger partial charge in [-0.1, -0.05) is 0 Å². The Balaban J connectivity index is 1.82. The van der Waals surface area contributed by atoms with Crippen molar-refractivity contribution in [2.75, 3.05) is 19.7 Å². The third kappa shape index (κ3) is 3.06. The molecule has 1 aromatic heterocycles. The van der Waals surface area contributed by atoms with Gasteiger partial charge in [-0.3, -0.25) is 4.90 Å². The van der Waals surface area contributed by atoms with E-state index in [1.54, 1.807) is 0 Å². The number of likely N-dealkylation sites (tertiary alicyclic amines) is 1. The molecule has 0 spiro atoms. The van der Waals surface area contributed by atoms with E-state index >= 15 is 0 Å². The molecule has 84 valence electrons. The predicted octanol–water partition coefficient (Wildman–Crippen LogP) is 2.25. The van der Waals surface area contributed by atoms with Crippen LogP contribution >= 0.6 is 15.9 Å². The van der Waals surface area contributed by atoms with Crippen molar-refractivity contribution < 1.29 is 9.52 Å². The topological polar surface area (TPSA) is 36.6 Å². The van der Waals surface area contributed by atoms with E-state index in [2.05, 4.69) is 20.8 Å². The molecule has 1 aliphatic heterocycles. The second-order valence-electron chi connectivity index (χ2n) is 4.11. The summed E-state index contributed by atoms with van der Waals surface area (Å²) >= 11 is 3.30. The quantitative estimate of drug-likeness (QED) is 0.918. The lowest BCUT2D eigenvalue weighted by molar-refractivity contribution is 0.122. The van der Waals surface area contributed by atoms with Crippen LogP contribution in [-0.4, -0.2) is 29.7 Å².